The zero-order valence-electron chi connectivity index (χ0n) is 12.2. The van der Waals surface area contributed by atoms with Crippen LogP contribution in [-0.4, -0.2) is 29.8 Å². The topological polar surface area (TPSA) is 63.7 Å². The van der Waals surface area contributed by atoms with Gasteiger partial charge >= 0.3 is 6.09 Å². The summed E-state index contributed by atoms with van der Waals surface area (Å²) in [4.78, 5) is 36.8. The van der Waals surface area contributed by atoms with Gasteiger partial charge in [0.1, 0.15) is 18.4 Å². The number of hydrogen-bond donors (Lipinski definition) is 0. The number of carbonyl (C=O) groups is 3. The number of carbonyl (C=O) groups excluding carboxylic acids is 3. The number of imide groups is 1. The monoisotopic (exact) mass is 289 g/mol. The van der Waals surface area contributed by atoms with Gasteiger partial charge in [0.25, 0.3) is 0 Å². The summed E-state index contributed by atoms with van der Waals surface area (Å²) in [6.45, 7) is 3.76. The molecule has 0 aromatic heterocycles. The van der Waals surface area contributed by atoms with E-state index >= 15 is 0 Å². The van der Waals surface area contributed by atoms with E-state index in [1.54, 1.807) is 6.92 Å². The smallest absolute Gasteiger partial charge is 0.417 e. The number of cyclic esters (lactones) is 1. The van der Waals surface area contributed by atoms with Crippen molar-refractivity contribution in [2.75, 3.05) is 6.61 Å². The molecule has 5 nitrogen and oxygen atoms in total. The minimum absolute atomic E-state index is 0.0965. The fraction of sp³-hybridized carbons (Fsp3) is 0.438. The summed E-state index contributed by atoms with van der Waals surface area (Å²) >= 11 is 0. The van der Waals surface area contributed by atoms with Crippen LogP contribution in [0.2, 0.25) is 0 Å². The van der Waals surface area contributed by atoms with Gasteiger partial charge < -0.3 is 9.53 Å². The Kier molecular flexibility index (Phi) is 4.40. The molecule has 1 aliphatic heterocycles. The third kappa shape index (κ3) is 2.68. The molecule has 2 amide bonds. The van der Waals surface area contributed by atoms with Crippen LogP contribution in [0.25, 0.3) is 0 Å². The fourth-order valence-electron chi connectivity index (χ4n) is 2.60. The average molecular weight is 289 g/mol. The molecule has 1 aromatic rings. The Hall–Kier alpha value is -2.17. The maximum atomic E-state index is 12.6. The quantitative estimate of drug-likeness (QED) is 0.617. The van der Waals surface area contributed by atoms with E-state index in [1.165, 1.54) is 0 Å². The molecule has 1 heterocycles. The summed E-state index contributed by atoms with van der Waals surface area (Å²) in [6.07, 6.45) is 1.05. The number of nitrogens with zero attached hydrogens (tertiary/aromatic N) is 1. The third-order valence-electron chi connectivity index (χ3n) is 3.85. The Morgan fingerprint density at radius 2 is 2.10 bits per heavy atom. The second-order valence-corrected chi connectivity index (χ2v) is 5.40. The molecule has 21 heavy (non-hydrogen) atoms. The van der Waals surface area contributed by atoms with Crippen molar-refractivity contribution in [1.29, 1.82) is 0 Å². The molecular weight excluding hydrogens is 270 g/mol. The van der Waals surface area contributed by atoms with Gasteiger partial charge in [-0.1, -0.05) is 43.7 Å². The van der Waals surface area contributed by atoms with Crippen molar-refractivity contribution in [3.05, 3.63) is 35.9 Å². The van der Waals surface area contributed by atoms with Crippen molar-refractivity contribution in [3.63, 3.8) is 0 Å². The largest absolute Gasteiger partial charge is 0.446 e. The molecule has 0 saturated carbocycles. The number of ether oxygens (including phenoxy) is 1. The molecule has 0 radical (unpaired) electrons. The van der Waals surface area contributed by atoms with Gasteiger partial charge in [-0.2, -0.15) is 0 Å². The maximum Gasteiger partial charge on any atom is 0.417 e. The summed E-state index contributed by atoms with van der Waals surface area (Å²) in [5.74, 6) is -1.29. The highest BCUT2D eigenvalue weighted by atomic mass is 16.6. The third-order valence-corrected chi connectivity index (χ3v) is 3.85. The van der Waals surface area contributed by atoms with Crippen molar-refractivity contribution in [3.8, 4) is 0 Å². The molecule has 0 N–H and O–H groups in total. The van der Waals surface area contributed by atoms with E-state index in [-0.39, 0.29) is 6.61 Å². The van der Waals surface area contributed by atoms with Gasteiger partial charge in [-0.15, -0.1) is 0 Å². The lowest BCUT2D eigenvalue weighted by Gasteiger charge is -2.32. The molecule has 0 aliphatic carbocycles. The van der Waals surface area contributed by atoms with E-state index in [4.69, 9.17) is 4.74 Å². The van der Waals surface area contributed by atoms with Crippen LogP contribution in [0, 0.1) is 5.92 Å². The number of aldehydes is 1. The number of hydrogen-bond acceptors (Lipinski definition) is 4. The minimum atomic E-state index is -0.871. The van der Waals surface area contributed by atoms with E-state index < -0.39 is 23.5 Å². The van der Waals surface area contributed by atoms with E-state index in [0.717, 1.165) is 10.5 Å². The Labute approximate surface area is 123 Å². The molecule has 112 valence electrons. The van der Waals surface area contributed by atoms with Gasteiger partial charge in [0, 0.05) is 0 Å². The summed E-state index contributed by atoms with van der Waals surface area (Å²) in [5, 5.41) is 0. The Morgan fingerprint density at radius 3 is 2.67 bits per heavy atom. The lowest BCUT2D eigenvalue weighted by Crippen LogP contribution is -2.48. The average Bonchev–Trinajstić information content (AvgIpc) is 2.81. The van der Waals surface area contributed by atoms with Gasteiger partial charge in [0.05, 0.1) is 5.92 Å². The maximum absolute atomic E-state index is 12.6. The number of rotatable bonds is 5. The normalized spacial score (nSPS) is 22.8. The summed E-state index contributed by atoms with van der Waals surface area (Å²) in [5.41, 5.74) is -0.0601. The zero-order chi connectivity index (χ0) is 15.5. The molecule has 5 heteroatoms. The summed E-state index contributed by atoms with van der Waals surface area (Å²) < 4.78 is 5.08. The van der Waals surface area contributed by atoms with Crippen molar-refractivity contribution in [1.82, 2.24) is 4.90 Å². The van der Waals surface area contributed by atoms with E-state index in [1.807, 2.05) is 37.3 Å². The van der Waals surface area contributed by atoms with Crippen molar-refractivity contribution >= 4 is 18.3 Å². The lowest BCUT2D eigenvalue weighted by atomic mass is 9.90. The van der Waals surface area contributed by atoms with Crippen LogP contribution in [-0.2, 0) is 19.9 Å². The second-order valence-electron chi connectivity index (χ2n) is 5.40. The highest BCUT2D eigenvalue weighted by Crippen LogP contribution is 2.35. The highest BCUT2D eigenvalue weighted by molar-refractivity contribution is 6.01. The van der Waals surface area contributed by atoms with Gasteiger partial charge in [-0.05, 0) is 18.9 Å². The molecule has 0 spiro atoms. The molecule has 1 saturated heterocycles. The molecule has 1 aromatic carbocycles. The van der Waals surface area contributed by atoms with Crippen molar-refractivity contribution in [2.24, 2.45) is 5.92 Å². The second kappa shape index (κ2) is 6.08. The van der Waals surface area contributed by atoms with E-state index in [2.05, 4.69) is 0 Å². The van der Waals surface area contributed by atoms with E-state index in [9.17, 15) is 14.4 Å². The van der Waals surface area contributed by atoms with Crippen LogP contribution >= 0.6 is 0 Å². The van der Waals surface area contributed by atoms with Crippen molar-refractivity contribution < 1.29 is 19.1 Å². The molecule has 2 rings (SSSR count). The molecular formula is C16H19NO4. The summed E-state index contributed by atoms with van der Waals surface area (Å²) in [7, 11) is 0. The zero-order valence-corrected chi connectivity index (χ0v) is 12.2. The predicted octanol–water partition coefficient (Wildman–Crippen LogP) is 2.50. The first-order valence-electron chi connectivity index (χ1n) is 7.06. The standard InChI is InChI=1S/C16H19NO4/c1-3-7-12(10-18)14(19)17-15(20)21-11-16(17,2)13-8-5-4-6-9-13/h4-6,8-10,12H,3,7,11H2,1-2H3/t12-,16?/m0/s1. The van der Waals surface area contributed by atoms with Crippen LogP contribution in [0.4, 0.5) is 4.79 Å². The minimum Gasteiger partial charge on any atom is -0.446 e. The van der Waals surface area contributed by atoms with Crippen LogP contribution in [0.1, 0.15) is 32.3 Å². The highest BCUT2D eigenvalue weighted by Gasteiger charge is 2.50. The molecule has 1 aliphatic rings. The SMILES string of the molecule is CCC[C@@H](C=O)C(=O)N1C(=O)OCC1(C)c1ccccc1. The first kappa shape index (κ1) is 15.2. The summed E-state index contributed by atoms with van der Waals surface area (Å²) in [6, 6.07) is 9.24. The molecule has 1 unspecified atom stereocenters. The van der Waals surface area contributed by atoms with Gasteiger partial charge in [-0.25, -0.2) is 9.69 Å². The Bertz CT molecular complexity index is 542. The first-order valence-corrected chi connectivity index (χ1v) is 7.06. The Balaban J connectivity index is 2.37. The van der Waals surface area contributed by atoms with Crippen molar-refractivity contribution in [2.45, 2.75) is 32.2 Å². The number of benzene rings is 1. The molecule has 0 bridgehead atoms. The first-order chi connectivity index (χ1) is 10.0. The van der Waals surface area contributed by atoms with Crippen LogP contribution in [0.3, 0.4) is 0 Å². The lowest BCUT2D eigenvalue weighted by molar-refractivity contribution is -0.138. The number of amides is 2. The van der Waals surface area contributed by atoms with Crippen LogP contribution in [0.15, 0.2) is 30.3 Å². The van der Waals surface area contributed by atoms with Crippen LogP contribution in [0.5, 0.6) is 0 Å². The van der Waals surface area contributed by atoms with Gasteiger partial charge in [-0.3, -0.25) is 4.79 Å². The van der Waals surface area contributed by atoms with Crippen LogP contribution < -0.4 is 0 Å². The molecule has 1 fully saturated rings. The Morgan fingerprint density at radius 1 is 1.43 bits per heavy atom. The molecule has 2 atom stereocenters. The predicted molar refractivity (Wildman–Crippen MR) is 76.5 cm³/mol. The van der Waals surface area contributed by atoms with Gasteiger partial charge in [0.2, 0.25) is 5.91 Å². The fourth-order valence-corrected chi connectivity index (χ4v) is 2.60. The van der Waals surface area contributed by atoms with Gasteiger partial charge in [0.15, 0.2) is 0 Å². The van der Waals surface area contributed by atoms with E-state index in [0.29, 0.717) is 19.1 Å².